The third-order valence-corrected chi connectivity index (χ3v) is 1.98. The lowest BCUT2D eigenvalue weighted by atomic mass is 10.6. The number of nitrogens with two attached hydrogens (primary N) is 1. The Morgan fingerprint density at radius 2 is 2.62 bits per heavy atom. The second-order valence-electron chi connectivity index (χ2n) is 1.30. The molecule has 0 bridgehead atoms. The van der Waals surface area contributed by atoms with Crippen molar-refractivity contribution in [2.24, 2.45) is 0 Å². The van der Waals surface area contributed by atoms with E-state index in [4.69, 9.17) is 17.3 Å². The molecule has 0 saturated heterocycles. The molecule has 1 aromatic heterocycles. The van der Waals surface area contributed by atoms with Crippen LogP contribution in [0.5, 0.6) is 0 Å². The summed E-state index contributed by atoms with van der Waals surface area (Å²) in [4.78, 5) is 4.82. The molecule has 0 saturated carbocycles. The standard InChI is InChI=1S/C4H5ClN2S/c5-1-3-2-7-4(6)8-3/h2H,1H2,(H2,6,7). The Morgan fingerprint density at radius 1 is 1.88 bits per heavy atom. The summed E-state index contributed by atoms with van der Waals surface area (Å²) in [6.07, 6.45) is 1.69. The van der Waals surface area contributed by atoms with Gasteiger partial charge in [0, 0.05) is 11.1 Å². The van der Waals surface area contributed by atoms with Gasteiger partial charge < -0.3 is 5.73 Å². The van der Waals surface area contributed by atoms with Crippen LogP contribution in [0.3, 0.4) is 0 Å². The minimum atomic E-state index is 0.509. The molecule has 2 N–H and O–H groups in total. The van der Waals surface area contributed by atoms with Crippen LogP contribution in [0.4, 0.5) is 5.13 Å². The van der Waals surface area contributed by atoms with Crippen LogP contribution in [-0.2, 0) is 5.88 Å². The van der Waals surface area contributed by atoms with Crippen LogP contribution in [0.2, 0.25) is 0 Å². The molecule has 0 radical (unpaired) electrons. The maximum atomic E-state index is 5.46. The largest absolute Gasteiger partial charge is 0.375 e. The number of aromatic nitrogens is 1. The van der Waals surface area contributed by atoms with Crippen LogP contribution in [-0.4, -0.2) is 4.98 Å². The van der Waals surface area contributed by atoms with Gasteiger partial charge in [0.05, 0.1) is 5.88 Å². The van der Waals surface area contributed by atoms with Gasteiger partial charge in [-0.25, -0.2) is 4.98 Å². The molecule has 0 aromatic carbocycles. The number of halogens is 1. The monoisotopic (exact) mass is 148 g/mol. The SMILES string of the molecule is Nc1ncc(CCl)s1. The summed E-state index contributed by atoms with van der Waals surface area (Å²) in [6.45, 7) is 0. The number of alkyl halides is 1. The van der Waals surface area contributed by atoms with Crippen LogP contribution >= 0.6 is 22.9 Å². The highest BCUT2D eigenvalue weighted by molar-refractivity contribution is 7.15. The van der Waals surface area contributed by atoms with Crippen molar-refractivity contribution in [3.8, 4) is 0 Å². The molecular formula is C4H5ClN2S. The third kappa shape index (κ3) is 1.11. The number of thiazole rings is 1. The number of nitrogen functional groups attached to an aromatic ring is 1. The molecule has 0 spiro atoms. The van der Waals surface area contributed by atoms with Crippen molar-refractivity contribution >= 4 is 28.1 Å². The zero-order valence-corrected chi connectivity index (χ0v) is 5.67. The molecule has 1 heterocycles. The number of hydrogen-bond donors (Lipinski definition) is 1. The average molecular weight is 149 g/mol. The first kappa shape index (κ1) is 5.85. The molecule has 0 amide bonds. The third-order valence-electron chi connectivity index (χ3n) is 0.703. The fourth-order valence-electron chi connectivity index (χ4n) is 0.384. The molecule has 0 unspecified atom stereocenters. The van der Waals surface area contributed by atoms with Gasteiger partial charge in [0.15, 0.2) is 5.13 Å². The highest BCUT2D eigenvalue weighted by atomic mass is 35.5. The minimum absolute atomic E-state index is 0.509. The lowest BCUT2D eigenvalue weighted by molar-refractivity contribution is 1.37. The molecular weight excluding hydrogens is 144 g/mol. The maximum Gasteiger partial charge on any atom is 0.180 e. The Morgan fingerprint density at radius 3 is 2.88 bits per heavy atom. The number of hydrogen-bond acceptors (Lipinski definition) is 3. The maximum absolute atomic E-state index is 5.46. The lowest BCUT2D eigenvalue weighted by Gasteiger charge is -1.76. The van der Waals surface area contributed by atoms with Crippen LogP contribution in [0, 0.1) is 0 Å². The first-order chi connectivity index (χ1) is 3.83. The Kier molecular flexibility index (Phi) is 1.70. The zero-order valence-electron chi connectivity index (χ0n) is 4.10. The summed E-state index contributed by atoms with van der Waals surface area (Å²) in [7, 11) is 0. The van der Waals surface area contributed by atoms with Crippen molar-refractivity contribution in [3.63, 3.8) is 0 Å². The average Bonchev–Trinajstić information content (AvgIpc) is 2.14. The van der Waals surface area contributed by atoms with Gasteiger partial charge in [-0.15, -0.1) is 22.9 Å². The van der Waals surface area contributed by atoms with Crippen molar-refractivity contribution in [1.29, 1.82) is 0 Å². The minimum Gasteiger partial charge on any atom is -0.375 e. The van der Waals surface area contributed by atoms with E-state index >= 15 is 0 Å². The smallest absolute Gasteiger partial charge is 0.180 e. The number of rotatable bonds is 1. The molecule has 0 fully saturated rings. The van der Waals surface area contributed by atoms with E-state index in [0.29, 0.717) is 11.0 Å². The van der Waals surface area contributed by atoms with Crippen molar-refractivity contribution in [1.82, 2.24) is 4.98 Å². The molecule has 0 aliphatic heterocycles. The van der Waals surface area contributed by atoms with E-state index < -0.39 is 0 Å². The Balaban J connectivity index is 2.84. The van der Waals surface area contributed by atoms with E-state index in [1.54, 1.807) is 6.20 Å². The molecule has 0 atom stereocenters. The van der Waals surface area contributed by atoms with E-state index in [9.17, 15) is 0 Å². The van der Waals surface area contributed by atoms with Crippen LogP contribution in [0.15, 0.2) is 6.20 Å². The molecule has 0 aliphatic rings. The molecule has 4 heteroatoms. The first-order valence-corrected chi connectivity index (χ1v) is 3.44. The zero-order chi connectivity index (χ0) is 5.98. The van der Waals surface area contributed by atoms with E-state index in [1.807, 2.05) is 0 Å². The second kappa shape index (κ2) is 2.33. The van der Waals surface area contributed by atoms with Crippen LogP contribution in [0.25, 0.3) is 0 Å². The van der Waals surface area contributed by atoms with E-state index in [1.165, 1.54) is 11.3 Å². The van der Waals surface area contributed by atoms with E-state index in [0.717, 1.165) is 4.88 Å². The van der Waals surface area contributed by atoms with Crippen LogP contribution < -0.4 is 5.73 Å². The Labute approximate surface area is 56.3 Å². The summed E-state index contributed by atoms with van der Waals surface area (Å²) in [5.74, 6) is 0.509. The van der Waals surface area contributed by atoms with E-state index in [-0.39, 0.29) is 0 Å². The fraction of sp³-hybridized carbons (Fsp3) is 0.250. The van der Waals surface area contributed by atoms with Crippen molar-refractivity contribution < 1.29 is 0 Å². The summed E-state index contributed by atoms with van der Waals surface area (Å²) < 4.78 is 0. The first-order valence-electron chi connectivity index (χ1n) is 2.09. The van der Waals surface area contributed by atoms with Gasteiger partial charge in [0.25, 0.3) is 0 Å². The molecule has 1 rings (SSSR count). The molecule has 0 aliphatic carbocycles. The highest BCUT2D eigenvalue weighted by Crippen LogP contribution is 2.15. The number of anilines is 1. The molecule has 2 nitrogen and oxygen atoms in total. The fourth-order valence-corrected chi connectivity index (χ4v) is 1.15. The topological polar surface area (TPSA) is 38.9 Å². The Hall–Kier alpha value is -0.280. The predicted octanol–water partition coefficient (Wildman–Crippen LogP) is 1.46. The van der Waals surface area contributed by atoms with Crippen molar-refractivity contribution in [3.05, 3.63) is 11.1 Å². The van der Waals surface area contributed by atoms with Gasteiger partial charge in [0.1, 0.15) is 0 Å². The molecule has 1 aromatic rings. The van der Waals surface area contributed by atoms with Gasteiger partial charge in [0.2, 0.25) is 0 Å². The second-order valence-corrected chi connectivity index (χ2v) is 2.71. The quantitative estimate of drug-likeness (QED) is 0.613. The summed E-state index contributed by atoms with van der Waals surface area (Å²) in [5, 5.41) is 0.584. The van der Waals surface area contributed by atoms with Gasteiger partial charge in [-0.3, -0.25) is 0 Å². The lowest BCUT2D eigenvalue weighted by Crippen LogP contribution is -1.77. The van der Waals surface area contributed by atoms with Crippen molar-refractivity contribution in [2.75, 3.05) is 5.73 Å². The summed E-state index contributed by atoms with van der Waals surface area (Å²) in [6, 6.07) is 0. The van der Waals surface area contributed by atoms with E-state index in [2.05, 4.69) is 4.98 Å². The molecule has 44 valence electrons. The highest BCUT2D eigenvalue weighted by Gasteiger charge is 1.93. The summed E-state index contributed by atoms with van der Waals surface area (Å²) >= 11 is 6.88. The van der Waals surface area contributed by atoms with Gasteiger partial charge in [-0.2, -0.15) is 0 Å². The van der Waals surface area contributed by atoms with Gasteiger partial charge in [-0.1, -0.05) is 0 Å². The van der Waals surface area contributed by atoms with Crippen molar-refractivity contribution in [2.45, 2.75) is 5.88 Å². The predicted molar refractivity (Wildman–Crippen MR) is 36.1 cm³/mol. The van der Waals surface area contributed by atoms with Gasteiger partial charge in [-0.05, 0) is 0 Å². The normalized spacial score (nSPS) is 9.62. The summed E-state index contributed by atoms with van der Waals surface area (Å²) in [5.41, 5.74) is 5.30. The van der Waals surface area contributed by atoms with Crippen LogP contribution in [0.1, 0.15) is 4.88 Å². The number of nitrogens with zero attached hydrogens (tertiary/aromatic N) is 1. The molecule has 8 heavy (non-hydrogen) atoms. The van der Waals surface area contributed by atoms with Gasteiger partial charge >= 0.3 is 0 Å². The Bertz CT molecular complexity index is 174.